The van der Waals surface area contributed by atoms with E-state index in [4.69, 9.17) is 4.74 Å². The molecule has 0 saturated carbocycles. The summed E-state index contributed by atoms with van der Waals surface area (Å²) in [7, 11) is 1.66. The Balaban J connectivity index is 1.65. The zero-order valence-corrected chi connectivity index (χ0v) is 18.8. The number of anilines is 1. The molecule has 1 aliphatic carbocycles. The Hall–Kier alpha value is -2.26. The normalized spacial score (nSPS) is 41.9. The molecule has 4 aliphatic heterocycles. The van der Waals surface area contributed by atoms with Crippen LogP contribution in [0.2, 0.25) is 0 Å². The van der Waals surface area contributed by atoms with E-state index in [2.05, 4.69) is 12.1 Å². The van der Waals surface area contributed by atoms with Gasteiger partial charge < -0.3 is 29.9 Å². The minimum atomic E-state index is -2.60. The first-order chi connectivity index (χ1) is 14.8. The number of hydrogen-bond donors (Lipinski definition) is 3. The van der Waals surface area contributed by atoms with Gasteiger partial charge >= 0.3 is 0 Å². The van der Waals surface area contributed by atoms with Gasteiger partial charge in [-0.2, -0.15) is 0 Å². The number of amides is 2. The van der Waals surface area contributed by atoms with Crippen molar-refractivity contribution >= 4 is 17.5 Å². The van der Waals surface area contributed by atoms with Crippen LogP contribution in [0, 0.1) is 11.8 Å². The van der Waals surface area contributed by atoms with Crippen molar-refractivity contribution in [2.24, 2.45) is 11.8 Å². The highest BCUT2D eigenvalue weighted by atomic mass is 16.7. The van der Waals surface area contributed by atoms with Crippen LogP contribution in [-0.2, 0) is 32.8 Å². The molecule has 8 nitrogen and oxygen atoms in total. The average Bonchev–Trinajstić information content (AvgIpc) is 3.20. The van der Waals surface area contributed by atoms with Gasteiger partial charge in [0.05, 0.1) is 11.6 Å². The first-order valence-corrected chi connectivity index (χ1v) is 11.1. The number of carbonyl (C=O) groups excluding carboxylic acids is 2. The van der Waals surface area contributed by atoms with Crippen LogP contribution in [0.1, 0.15) is 44.4 Å². The maximum absolute atomic E-state index is 13.8. The molecule has 0 radical (unpaired) electrons. The van der Waals surface area contributed by atoms with E-state index in [0.717, 1.165) is 11.1 Å². The van der Waals surface area contributed by atoms with Gasteiger partial charge in [-0.05, 0) is 63.6 Å². The summed E-state index contributed by atoms with van der Waals surface area (Å²) in [6, 6.07) is 4.02. The van der Waals surface area contributed by atoms with Crippen molar-refractivity contribution in [3.63, 3.8) is 0 Å². The lowest BCUT2D eigenvalue weighted by molar-refractivity contribution is -0.310. The molecule has 0 aromatic heterocycles. The lowest BCUT2D eigenvalue weighted by atomic mass is 9.61. The van der Waals surface area contributed by atoms with Crippen molar-refractivity contribution in [2.75, 3.05) is 11.9 Å². The standard InChI is InChI=1S/C24H28N2O6/c1-11(2)6-7-12-8-13-10-14-17-22(16(13)15(9-12)25(5)20(22)29)32-24(31)18(27)19(28)26(21(14,3)4)23(17,24)30/h6,8-9,14,17-18,27,30-31H,7,10H2,1-5H3. The molecule has 1 aromatic rings. The van der Waals surface area contributed by atoms with Gasteiger partial charge in [0.1, 0.15) is 0 Å². The summed E-state index contributed by atoms with van der Waals surface area (Å²) in [6.45, 7) is 7.71. The summed E-state index contributed by atoms with van der Waals surface area (Å²) in [6.07, 6.45) is 1.39. The molecule has 0 bridgehead atoms. The van der Waals surface area contributed by atoms with Crippen LogP contribution in [0.3, 0.4) is 0 Å². The van der Waals surface area contributed by atoms with Gasteiger partial charge in [-0.25, -0.2) is 0 Å². The summed E-state index contributed by atoms with van der Waals surface area (Å²) >= 11 is 0. The number of ether oxygens (including phenoxy) is 1. The number of rotatable bonds is 2. The fourth-order valence-electron chi connectivity index (χ4n) is 7.26. The molecule has 170 valence electrons. The third kappa shape index (κ3) is 1.77. The second-order valence-corrected chi connectivity index (χ2v) is 10.8. The molecule has 6 unspecified atom stereocenters. The summed E-state index contributed by atoms with van der Waals surface area (Å²) in [4.78, 5) is 29.5. The van der Waals surface area contributed by atoms with Gasteiger partial charge in [0.2, 0.25) is 5.72 Å². The molecule has 3 saturated heterocycles. The van der Waals surface area contributed by atoms with Crippen LogP contribution in [-0.4, -0.2) is 62.2 Å². The topological polar surface area (TPSA) is 111 Å². The Morgan fingerprint density at radius 3 is 2.59 bits per heavy atom. The number of allylic oxidation sites excluding steroid dienone is 2. The van der Waals surface area contributed by atoms with Crippen molar-refractivity contribution in [3.8, 4) is 0 Å². The first kappa shape index (κ1) is 20.4. The number of aliphatic hydroxyl groups excluding tert-OH is 1. The van der Waals surface area contributed by atoms with Crippen molar-refractivity contribution in [1.29, 1.82) is 0 Å². The van der Waals surface area contributed by atoms with Gasteiger partial charge in [0.25, 0.3) is 17.6 Å². The molecule has 2 amide bonds. The zero-order chi connectivity index (χ0) is 23.2. The minimum absolute atomic E-state index is 0.354. The van der Waals surface area contributed by atoms with Gasteiger partial charge in [0, 0.05) is 18.2 Å². The lowest BCUT2D eigenvalue weighted by Gasteiger charge is -2.42. The van der Waals surface area contributed by atoms with E-state index in [1.807, 2.05) is 33.8 Å². The Labute approximate surface area is 186 Å². The molecule has 4 heterocycles. The van der Waals surface area contributed by atoms with Crippen molar-refractivity contribution < 1.29 is 29.6 Å². The number of carbonyl (C=O) groups is 2. The Morgan fingerprint density at radius 1 is 1.25 bits per heavy atom. The Kier molecular flexibility index (Phi) is 3.46. The SMILES string of the molecule is CC(C)=CCc1cc2c3c(c1)N(C)C(=O)C31OC3(O)C(O)C(=O)N4C(C)(C)C(C2)C1C43O. The van der Waals surface area contributed by atoms with Gasteiger partial charge in [-0.15, -0.1) is 0 Å². The maximum Gasteiger partial charge on any atom is 0.264 e. The van der Waals surface area contributed by atoms with Crippen LogP contribution in [0.25, 0.3) is 0 Å². The molecular formula is C24H28N2O6. The van der Waals surface area contributed by atoms with Crippen LogP contribution < -0.4 is 4.90 Å². The fourth-order valence-corrected chi connectivity index (χ4v) is 7.26. The molecule has 6 rings (SSSR count). The smallest absolute Gasteiger partial charge is 0.264 e. The van der Waals surface area contributed by atoms with Crippen LogP contribution in [0.15, 0.2) is 23.8 Å². The Bertz CT molecular complexity index is 1160. The third-order valence-electron chi connectivity index (χ3n) is 8.57. The van der Waals surface area contributed by atoms with E-state index >= 15 is 0 Å². The summed E-state index contributed by atoms with van der Waals surface area (Å²) in [5, 5.41) is 34.1. The average molecular weight is 440 g/mol. The van der Waals surface area contributed by atoms with E-state index in [1.165, 1.54) is 15.4 Å². The molecule has 3 N–H and O–H groups in total. The van der Waals surface area contributed by atoms with Crippen molar-refractivity contribution in [3.05, 3.63) is 40.5 Å². The summed E-state index contributed by atoms with van der Waals surface area (Å²) < 4.78 is 6.08. The first-order valence-electron chi connectivity index (χ1n) is 11.1. The summed E-state index contributed by atoms with van der Waals surface area (Å²) in [5.41, 5.74) is -0.272. The van der Waals surface area contributed by atoms with E-state index < -0.39 is 46.5 Å². The lowest BCUT2D eigenvalue weighted by Crippen LogP contribution is -2.59. The van der Waals surface area contributed by atoms with E-state index in [0.29, 0.717) is 24.1 Å². The number of likely N-dealkylation sites (N-methyl/N-ethyl adjacent to an activating group) is 1. The van der Waals surface area contributed by atoms with Gasteiger partial charge in [0.15, 0.2) is 11.7 Å². The molecule has 5 aliphatic rings. The third-order valence-corrected chi connectivity index (χ3v) is 8.57. The second-order valence-electron chi connectivity index (χ2n) is 10.8. The van der Waals surface area contributed by atoms with Gasteiger partial charge in [-0.1, -0.05) is 17.7 Å². The highest BCUT2D eigenvalue weighted by Gasteiger charge is 2.91. The van der Waals surface area contributed by atoms with E-state index in [-0.39, 0.29) is 5.92 Å². The minimum Gasteiger partial charge on any atom is -0.378 e. The molecule has 6 atom stereocenters. The van der Waals surface area contributed by atoms with Crippen LogP contribution in [0.5, 0.6) is 0 Å². The highest BCUT2D eigenvalue weighted by Crippen LogP contribution is 2.73. The molecule has 3 fully saturated rings. The number of hydrogen-bond acceptors (Lipinski definition) is 6. The quantitative estimate of drug-likeness (QED) is 0.580. The zero-order valence-electron chi connectivity index (χ0n) is 18.8. The molecule has 1 spiro atoms. The fraction of sp³-hybridized carbons (Fsp3) is 0.583. The van der Waals surface area contributed by atoms with Crippen molar-refractivity contribution in [2.45, 2.75) is 69.3 Å². The van der Waals surface area contributed by atoms with E-state index in [1.54, 1.807) is 7.05 Å². The Morgan fingerprint density at radius 2 is 1.94 bits per heavy atom. The largest absolute Gasteiger partial charge is 0.378 e. The van der Waals surface area contributed by atoms with Crippen LogP contribution in [0.4, 0.5) is 5.69 Å². The molecule has 1 aromatic carbocycles. The molecule has 32 heavy (non-hydrogen) atoms. The summed E-state index contributed by atoms with van der Waals surface area (Å²) in [5.74, 6) is -5.02. The van der Waals surface area contributed by atoms with Crippen LogP contribution >= 0.6 is 0 Å². The monoisotopic (exact) mass is 440 g/mol. The molecule has 8 heteroatoms. The number of nitrogens with zero attached hydrogens (tertiary/aromatic N) is 2. The maximum atomic E-state index is 13.8. The van der Waals surface area contributed by atoms with Gasteiger partial charge in [-0.3, -0.25) is 9.59 Å². The number of benzene rings is 1. The predicted octanol–water partition coefficient (Wildman–Crippen LogP) is 0.558. The van der Waals surface area contributed by atoms with E-state index in [9.17, 15) is 24.9 Å². The predicted molar refractivity (Wildman–Crippen MR) is 113 cm³/mol. The molecular weight excluding hydrogens is 412 g/mol. The van der Waals surface area contributed by atoms with Crippen molar-refractivity contribution in [1.82, 2.24) is 4.90 Å². The number of aliphatic hydroxyl groups is 3. The second kappa shape index (κ2) is 5.44. The highest BCUT2D eigenvalue weighted by molar-refractivity contribution is 6.09.